The maximum atomic E-state index is 10.5. The molecule has 9 heteroatoms. The van der Waals surface area contributed by atoms with E-state index < -0.39 is 12.1 Å². The Balaban J connectivity index is -0.0000000300. The van der Waals surface area contributed by atoms with Crippen LogP contribution in [0.25, 0.3) is 0 Å². The molecule has 0 aromatic heterocycles. The molecule has 0 aliphatic carbocycles. The number of rotatable bonds is 0. The fraction of sp³-hybridized carbons (Fsp3) is 0.500. The summed E-state index contributed by atoms with van der Waals surface area (Å²) in [6, 6.07) is 0. The number of carboxylic acids is 1. The second kappa shape index (κ2) is 9.80. The van der Waals surface area contributed by atoms with Crippen molar-refractivity contribution in [3.63, 3.8) is 0 Å². The monoisotopic (exact) mass is 348 g/mol. The van der Waals surface area contributed by atoms with Crippen molar-refractivity contribution in [2.24, 2.45) is 0 Å². The third-order valence-electron chi connectivity index (χ3n) is 0.231. The smallest absolute Gasteiger partial charge is 0.430 e. The van der Waals surface area contributed by atoms with E-state index in [1.54, 1.807) is 0 Å². The molecule has 0 bridgehead atoms. The third kappa shape index (κ3) is 17.7. The normalized spacial score (nSPS) is 7.18. The van der Waals surface area contributed by atoms with Crippen molar-refractivity contribution in [3.8, 4) is 0 Å². The standard InChI is InChI=1S/C2HF3O2.3O.Re/c3-2(4,5)1(6)7;;;;/h(H,6,7);;;;/q;3*-2;/p-1. The quantitative estimate of drug-likeness (QED) is 0.554. The first kappa shape index (κ1) is 30.8. The van der Waals surface area contributed by atoms with Crippen LogP contribution in [-0.2, 0) is 41.6 Å². The molecule has 0 aliphatic heterocycles. The van der Waals surface area contributed by atoms with Crippen LogP contribution in [0.4, 0.5) is 13.2 Å². The molecule has 1 radical (unpaired) electrons. The van der Waals surface area contributed by atoms with Gasteiger partial charge in [0.2, 0.25) is 0 Å². The Hall–Kier alpha value is -0.198. The van der Waals surface area contributed by atoms with E-state index in [2.05, 4.69) is 0 Å². The molecule has 0 unspecified atom stereocenters. The van der Waals surface area contributed by atoms with Crippen LogP contribution in [0, 0.1) is 0 Å². The van der Waals surface area contributed by atoms with Crippen molar-refractivity contribution in [1.29, 1.82) is 0 Å². The van der Waals surface area contributed by atoms with E-state index >= 15 is 0 Å². The molecule has 0 saturated heterocycles. The van der Waals surface area contributed by atoms with Crippen LogP contribution in [0.15, 0.2) is 0 Å². The number of halogens is 3. The van der Waals surface area contributed by atoms with Gasteiger partial charge in [0, 0.05) is 20.4 Å². The summed E-state index contributed by atoms with van der Waals surface area (Å²) in [4.78, 5) is 8.78. The van der Waals surface area contributed by atoms with E-state index in [4.69, 9.17) is 9.90 Å². The summed E-state index contributed by atoms with van der Waals surface area (Å²) in [6.07, 6.45) is -5.19. The predicted octanol–water partition coefficient (Wildman–Crippen LogP) is -1.06. The van der Waals surface area contributed by atoms with Gasteiger partial charge in [-0.3, -0.25) is 0 Å². The number of hydrogen-bond acceptors (Lipinski definition) is 2. The van der Waals surface area contributed by atoms with Gasteiger partial charge in [-0.2, -0.15) is 13.2 Å². The van der Waals surface area contributed by atoms with E-state index in [9.17, 15) is 13.2 Å². The minimum absolute atomic E-state index is 0. The van der Waals surface area contributed by atoms with Gasteiger partial charge < -0.3 is 26.3 Å². The fourth-order valence-corrected chi connectivity index (χ4v) is 0. The Labute approximate surface area is 72.8 Å². The van der Waals surface area contributed by atoms with Gasteiger partial charge in [-0.25, -0.2) is 0 Å². The van der Waals surface area contributed by atoms with Crippen LogP contribution in [0.5, 0.6) is 0 Å². The number of alkyl halides is 3. The van der Waals surface area contributed by atoms with Crippen LogP contribution < -0.4 is 5.11 Å². The van der Waals surface area contributed by atoms with Gasteiger partial charge in [0.15, 0.2) is 0 Å². The number of aliphatic carboxylic acids is 1. The summed E-state index contributed by atoms with van der Waals surface area (Å²) in [5, 5.41) is 8.78. The average Bonchev–Trinajstić information content (AvgIpc) is 1.31. The molecule has 0 heterocycles. The molecule has 0 fully saturated rings. The fourth-order valence-electron chi connectivity index (χ4n) is 0. The van der Waals surface area contributed by atoms with E-state index in [0.29, 0.717) is 0 Å². The Morgan fingerprint density at radius 2 is 1.18 bits per heavy atom. The summed E-state index contributed by atoms with van der Waals surface area (Å²) in [7, 11) is 0. The first-order valence-electron chi connectivity index (χ1n) is 1.23. The van der Waals surface area contributed by atoms with Crippen LogP contribution >= 0.6 is 0 Å². The Morgan fingerprint density at radius 1 is 1.09 bits per heavy atom. The minimum Gasteiger partial charge on any atom is -2.00 e. The van der Waals surface area contributed by atoms with Gasteiger partial charge in [-0.05, 0) is 0 Å². The third-order valence-corrected chi connectivity index (χ3v) is 0.231. The Kier molecular flexibility index (Phi) is 27.5. The first-order chi connectivity index (χ1) is 2.94. The van der Waals surface area contributed by atoms with Crippen molar-refractivity contribution in [1.82, 2.24) is 0 Å². The van der Waals surface area contributed by atoms with Gasteiger partial charge in [-0.1, -0.05) is 0 Å². The summed E-state index contributed by atoms with van der Waals surface area (Å²) in [5.41, 5.74) is 0. The molecular formula is C2F3O5Re-7. The number of carbonyl (C=O) groups is 1. The topological polar surface area (TPSA) is 126 Å². The van der Waals surface area contributed by atoms with E-state index in [1.165, 1.54) is 0 Å². The van der Waals surface area contributed by atoms with Crippen molar-refractivity contribution < 1.29 is 59.9 Å². The van der Waals surface area contributed by atoms with Gasteiger partial charge in [0.1, 0.15) is 5.97 Å². The molecule has 0 aromatic rings. The average molecular weight is 347 g/mol. The molecule has 0 atom stereocenters. The van der Waals surface area contributed by atoms with Crippen LogP contribution in [0.3, 0.4) is 0 Å². The SMILES string of the molecule is O=C([O-])C(F)(F)F.[O-2].[O-2].[O-2].[Re]. The minimum atomic E-state index is -5.19. The molecule has 0 aliphatic rings. The summed E-state index contributed by atoms with van der Waals surface area (Å²) in [5.74, 6) is -3.01. The predicted molar refractivity (Wildman–Crippen MR) is 13.1 cm³/mol. The Morgan fingerprint density at radius 3 is 1.18 bits per heavy atom. The van der Waals surface area contributed by atoms with Gasteiger partial charge in [-0.15, -0.1) is 0 Å². The maximum Gasteiger partial charge on any atom is 0.430 e. The summed E-state index contributed by atoms with van der Waals surface area (Å²) < 4.78 is 31.5. The van der Waals surface area contributed by atoms with Gasteiger partial charge in [0.25, 0.3) is 0 Å². The zero-order valence-electron chi connectivity index (χ0n) is 4.55. The molecule has 0 spiro atoms. The van der Waals surface area contributed by atoms with Crippen molar-refractivity contribution in [3.05, 3.63) is 0 Å². The van der Waals surface area contributed by atoms with Crippen LogP contribution in [0.2, 0.25) is 0 Å². The number of carbonyl (C=O) groups excluding carboxylic acids is 1. The second-order valence-electron chi connectivity index (χ2n) is 0.785. The van der Waals surface area contributed by atoms with Crippen molar-refractivity contribution in [2.75, 3.05) is 0 Å². The summed E-state index contributed by atoms with van der Waals surface area (Å²) in [6.45, 7) is 0. The van der Waals surface area contributed by atoms with E-state index in [1.807, 2.05) is 0 Å². The molecule has 0 aromatic carbocycles. The zero-order chi connectivity index (χ0) is 6.08. The molecule has 5 nitrogen and oxygen atoms in total. The zero-order valence-corrected chi connectivity index (χ0v) is 7.27. The number of carboxylic acid groups (broad SMARTS) is 1. The molecular weight excluding hydrogens is 347 g/mol. The van der Waals surface area contributed by atoms with Gasteiger partial charge >= 0.3 is 6.18 Å². The van der Waals surface area contributed by atoms with E-state index in [-0.39, 0.29) is 36.9 Å². The van der Waals surface area contributed by atoms with Crippen LogP contribution in [-0.4, -0.2) is 12.1 Å². The second-order valence-corrected chi connectivity index (χ2v) is 0.785. The van der Waals surface area contributed by atoms with Crippen molar-refractivity contribution in [2.45, 2.75) is 6.18 Å². The van der Waals surface area contributed by atoms with Gasteiger partial charge in [0.05, 0.1) is 0 Å². The molecule has 73 valence electrons. The summed E-state index contributed by atoms with van der Waals surface area (Å²) >= 11 is 0. The van der Waals surface area contributed by atoms with Crippen LogP contribution in [0.1, 0.15) is 0 Å². The Bertz CT molecular complexity index is 92.2. The molecule has 0 rings (SSSR count). The first-order valence-corrected chi connectivity index (χ1v) is 1.23. The molecule has 11 heavy (non-hydrogen) atoms. The molecule has 0 saturated carbocycles. The molecule has 0 N–H and O–H groups in total. The molecule has 0 amide bonds. The van der Waals surface area contributed by atoms with Crippen molar-refractivity contribution >= 4 is 5.97 Å². The number of hydrogen-bond donors (Lipinski definition) is 0. The maximum absolute atomic E-state index is 10.5. The van der Waals surface area contributed by atoms with E-state index in [0.717, 1.165) is 0 Å². The largest absolute Gasteiger partial charge is 2.00 e.